The maximum absolute atomic E-state index is 14.2. The molecule has 3 fully saturated rings. The fourth-order valence-corrected chi connectivity index (χ4v) is 7.79. The van der Waals surface area contributed by atoms with Gasteiger partial charge in [-0.3, -0.25) is 38.4 Å². The Balaban J connectivity index is 1.73. The third-order valence-electron chi connectivity index (χ3n) is 11.3. The van der Waals surface area contributed by atoms with Gasteiger partial charge in [-0.25, -0.2) is 0 Å². The highest BCUT2D eigenvalue weighted by Crippen LogP contribution is 2.34. The van der Waals surface area contributed by atoms with Gasteiger partial charge in [0.25, 0.3) is 0 Å². The molecule has 2 aliphatic heterocycles. The zero-order valence-corrected chi connectivity index (χ0v) is 36.1. The molecule has 17 heteroatoms. The largest absolute Gasteiger partial charge is 0.394 e. The van der Waals surface area contributed by atoms with Crippen LogP contribution in [-0.4, -0.2) is 143 Å². The lowest BCUT2D eigenvalue weighted by Crippen LogP contribution is -2.61. The molecule has 0 radical (unpaired) electrons. The van der Waals surface area contributed by atoms with Crippen molar-refractivity contribution < 1.29 is 43.5 Å². The van der Waals surface area contributed by atoms with Gasteiger partial charge >= 0.3 is 0 Å². The van der Waals surface area contributed by atoms with Crippen LogP contribution in [0.5, 0.6) is 0 Å². The highest BCUT2D eigenvalue weighted by atomic mass is 16.3. The molecule has 0 unspecified atom stereocenters. The van der Waals surface area contributed by atoms with Crippen molar-refractivity contribution in [3.63, 3.8) is 0 Å². The van der Waals surface area contributed by atoms with Crippen LogP contribution in [0, 0.1) is 23.7 Å². The van der Waals surface area contributed by atoms with Crippen molar-refractivity contribution in [2.24, 2.45) is 23.7 Å². The van der Waals surface area contributed by atoms with Crippen LogP contribution in [0.1, 0.15) is 113 Å². The molecule has 0 aromatic carbocycles. The molecular weight excluding hydrogens is 748 g/mol. The Morgan fingerprint density at radius 3 is 1.62 bits per heavy atom. The Hall–Kier alpha value is -4.28. The van der Waals surface area contributed by atoms with Crippen molar-refractivity contribution in [3.05, 3.63) is 0 Å². The minimum Gasteiger partial charge on any atom is -0.394 e. The van der Waals surface area contributed by atoms with Crippen LogP contribution in [0.25, 0.3) is 0 Å². The highest BCUT2D eigenvalue weighted by Gasteiger charge is 2.43. The summed E-state index contributed by atoms with van der Waals surface area (Å²) in [7, 11) is 3.24. The number of hydrogen-bond donors (Lipinski definition) is 6. The number of nitrogens with one attached hydrogen (secondary N) is 5. The average Bonchev–Trinajstić information content (AvgIpc) is 3.60. The van der Waals surface area contributed by atoms with Gasteiger partial charge in [0.2, 0.25) is 47.3 Å². The van der Waals surface area contributed by atoms with Crippen LogP contribution in [-0.2, 0) is 38.4 Å². The van der Waals surface area contributed by atoms with E-state index in [0.29, 0.717) is 57.9 Å². The van der Waals surface area contributed by atoms with Gasteiger partial charge in [0.15, 0.2) is 0 Å². The topological polar surface area (TPSA) is 227 Å². The Morgan fingerprint density at radius 1 is 0.655 bits per heavy atom. The molecule has 8 amide bonds. The van der Waals surface area contributed by atoms with Crippen LogP contribution < -0.4 is 26.6 Å². The molecule has 1 aliphatic carbocycles. The van der Waals surface area contributed by atoms with E-state index in [1.807, 2.05) is 34.6 Å². The molecular formula is C41H70N8O9. The lowest BCUT2D eigenvalue weighted by molar-refractivity contribution is -0.144. The standard InChI is InChI=1S/C41H70N8O9/c1-10-25(6)34(41(58)49-18-12-14-33(49)38(55)44-29(19-23(2)3)39(56)47(8)9)46-36(53)31(22-50)45-35(52)28(21-27-15-16-27)43-37(54)32-13-11-17-48(32)40(57)30(20-24(4)5)42-26(7)51/h23-25,27-34,50H,10-22H2,1-9H3,(H,42,51)(H,43,54)(H,44,55)(H,45,52)(H,46,53)/t25-,28-,29-,30-,31-,32-,33-,34-/m0/s1. The maximum Gasteiger partial charge on any atom is 0.246 e. The van der Waals surface area contributed by atoms with Gasteiger partial charge < -0.3 is 46.4 Å². The quantitative estimate of drug-likeness (QED) is 0.0944. The predicted molar refractivity (Wildman–Crippen MR) is 216 cm³/mol. The molecule has 2 heterocycles. The van der Waals surface area contributed by atoms with Gasteiger partial charge in [-0.05, 0) is 68.6 Å². The third kappa shape index (κ3) is 13.7. The summed E-state index contributed by atoms with van der Waals surface area (Å²) in [6.45, 7) is 12.6. The number of carbonyl (C=O) groups is 8. The summed E-state index contributed by atoms with van der Waals surface area (Å²) < 4.78 is 0. The molecule has 6 N–H and O–H groups in total. The van der Waals surface area contributed by atoms with Gasteiger partial charge in [-0.15, -0.1) is 0 Å². The van der Waals surface area contributed by atoms with Crippen molar-refractivity contribution in [2.45, 2.75) is 155 Å². The van der Waals surface area contributed by atoms with Crippen molar-refractivity contribution in [1.82, 2.24) is 41.3 Å². The molecule has 328 valence electrons. The van der Waals surface area contributed by atoms with E-state index in [4.69, 9.17) is 0 Å². The number of aliphatic hydroxyl groups excluding tert-OH is 1. The summed E-state index contributed by atoms with van der Waals surface area (Å²) in [5.74, 6) is -3.87. The molecule has 2 saturated heterocycles. The van der Waals surface area contributed by atoms with Crippen LogP contribution >= 0.6 is 0 Å². The van der Waals surface area contributed by atoms with Crippen LogP contribution in [0.15, 0.2) is 0 Å². The highest BCUT2D eigenvalue weighted by molar-refractivity contribution is 5.98. The number of aliphatic hydroxyl groups is 1. The van der Waals surface area contributed by atoms with Crippen LogP contribution in [0.3, 0.4) is 0 Å². The first kappa shape index (κ1) is 48.1. The summed E-state index contributed by atoms with van der Waals surface area (Å²) in [4.78, 5) is 112. The Bertz CT molecular complexity index is 1480. The zero-order valence-electron chi connectivity index (χ0n) is 36.1. The van der Waals surface area contributed by atoms with E-state index in [1.165, 1.54) is 21.6 Å². The summed E-state index contributed by atoms with van der Waals surface area (Å²) in [5, 5.41) is 24.0. The van der Waals surface area contributed by atoms with Crippen LogP contribution in [0.2, 0.25) is 0 Å². The number of likely N-dealkylation sites (tertiary alicyclic amines) is 2. The minimum atomic E-state index is -1.46. The maximum atomic E-state index is 14.2. The van der Waals surface area contributed by atoms with Crippen molar-refractivity contribution in [3.8, 4) is 0 Å². The first-order valence-corrected chi connectivity index (χ1v) is 21.2. The summed E-state index contributed by atoms with van der Waals surface area (Å²) in [5.41, 5.74) is 0. The van der Waals surface area contributed by atoms with Gasteiger partial charge in [0, 0.05) is 34.1 Å². The zero-order chi connectivity index (χ0) is 43.4. The van der Waals surface area contributed by atoms with E-state index >= 15 is 0 Å². The monoisotopic (exact) mass is 819 g/mol. The van der Waals surface area contributed by atoms with E-state index in [9.17, 15) is 43.5 Å². The summed E-state index contributed by atoms with van der Waals surface area (Å²) >= 11 is 0. The van der Waals surface area contributed by atoms with E-state index in [-0.39, 0.29) is 47.9 Å². The third-order valence-corrected chi connectivity index (χ3v) is 11.3. The first-order chi connectivity index (χ1) is 27.3. The van der Waals surface area contributed by atoms with Gasteiger partial charge in [0.1, 0.15) is 42.3 Å². The Kier molecular flexibility index (Phi) is 18.4. The van der Waals surface area contributed by atoms with Gasteiger partial charge in [-0.1, -0.05) is 60.8 Å². The lowest BCUT2D eigenvalue weighted by Gasteiger charge is -2.33. The second-order valence-electron chi connectivity index (χ2n) is 17.5. The van der Waals surface area contributed by atoms with Crippen molar-refractivity contribution >= 4 is 47.3 Å². The molecule has 0 aromatic heterocycles. The van der Waals surface area contributed by atoms with E-state index in [2.05, 4.69) is 26.6 Å². The normalized spacial score (nSPS) is 21.0. The second kappa shape index (κ2) is 22.2. The number of nitrogens with zero attached hydrogens (tertiary/aromatic N) is 3. The molecule has 3 aliphatic rings. The number of carbonyl (C=O) groups excluding carboxylic acids is 8. The molecule has 1 saturated carbocycles. The summed E-state index contributed by atoms with van der Waals surface area (Å²) in [6.07, 6.45) is 5.21. The van der Waals surface area contributed by atoms with Crippen LogP contribution in [0.4, 0.5) is 0 Å². The SMILES string of the molecule is CC[C@H](C)[C@H](NC(=O)[C@H](CO)NC(=O)[C@H](CC1CC1)NC(=O)[C@@H]1CCCN1C(=O)[C@H](CC(C)C)NC(C)=O)C(=O)N1CCC[C@H]1C(=O)N[C@@H](CC(C)C)C(=O)N(C)C. The molecule has 0 spiro atoms. The number of rotatable bonds is 21. The van der Waals surface area contributed by atoms with Crippen molar-refractivity contribution in [1.29, 1.82) is 0 Å². The molecule has 3 rings (SSSR count). The van der Waals surface area contributed by atoms with E-state index in [1.54, 1.807) is 21.0 Å². The molecule has 17 nitrogen and oxygen atoms in total. The summed E-state index contributed by atoms with van der Waals surface area (Å²) in [6, 6.07) is -6.86. The number of hydrogen-bond acceptors (Lipinski definition) is 9. The smallest absolute Gasteiger partial charge is 0.246 e. The minimum absolute atomic E-state index is 0.106. The molecule has 0 bridgehead atoms. The van der Waals surface area contributed by atoms with E-state index in [0.717, 1.165) is 12.8 Å². The van der Waals surface area contributed by atoms with Crippen molar-refractivity contribution in [2.75, 3.05) is 33.8 Å². The van der Waals surface area contributed by atoms with E-state index < -0.39 is 78.4 Å². The fraction of sp³-hybridized carbons (Fsp3) is 0.805. The number of amides is 8. The average molecular weight is 819 g/mol. The molecule has 0 aromatic rings. The predicted octanol–water partition coefficient (Wildman–Crippen LogP) is 0.431. The molecule has 58 heavy (non-hydrogen) atoms. The Labute approximate surface area is 343 Å². The number of likely N-dealkylation sites (N-methyl/N-ethyl adjacent to an activating group) is 1. The molecule has 8 atom stereocenters. The lowest BCUT2D eigenvalue weighted by atomic mass is 9.96. The second-order valence-corrected chi connectivity index (χ2v) is 17.5. The first-order valence-electron chi connectivity index (χ1n) is 21.2. The van der Waals surface area contributed by atoms with Gasteiger partial charge in [-0.2, -0.15) is 0 Å². The van der Waals surface area contributed by atoms with Gasteiger partial charge in [0.05, 0.1) is 6.61 Å². The Morgan fingerprint density at radius 2 is 1.16 bits per heavy atom. The fourth-order valence-electron chi connectivity index (χ4n) is 7.79.